The molecule has 0 atom stereocenters. The van der Waals surface area contributed by atoms with Crippen LogP contribution in [0.15, 0.2) is 64.9 Å². The number of sulfonamides is 1. The minimum absolute atomic E-state index is 0.0413. The van der Waals surface area contributed by atoms with E-state index in [1.54, 1.807) is 68.7 Å². The normalized spacial score (nSPS) is 11.6. The van der Waals surface area contributed by atoms with Gasteiger partial charge in [0.05, 0.1) is 11.1 Å². The standard InChI is InChI=1S/C22H19ClN2O4S2/c1-3-31(27,28)24-15-6-9-20(29-16-7-4-14(23)5-8-16)18(12-15)19-13-25(2)22(26)17-10-11-30-21(17)19/h4-13,24H,3H2,1-2H3. The molecule has 1 N–H and O–H groups in total. The third-order valence-electron chi connectivity index (χ3n) is 4.75. The van der Waals surface area contributed by atoms with E-state index in [2.05, 4.69) is 4.72 Å². The van der Waals surface area contributed by atoms with Gasteiger partial charge in [-0.1, -0.05) is 11.6 Å². The number of nitrogens with one attached hydrogen (secondary N) is 1. The molecule has 0 saturated carbocycles. The molecular formula is C22H19ClN2O4S2. The van der Waals surface area contributed by atoms with E-state index in [1.807, 2.05) is 5.38 Å². The third kappa shape index (κ3) is 4.46. The Hall–Kier alpha value is -2.81. The number of rotatable bonds is 6. The van der Waals surface area contributed by atoms with Crippen molar-refractivity contribution in [3.05, 3.63) is 75.5 Å². The Labute approximate surface area is 188 Å². The Morgan fingerprint density at radius 3 is 2.55 bits per heavy atom. The van der Waals surface area contributed by atoms with Gasteiger partial charge in [0.25, 0.3) is 5.56 Å². The van der Waals surface area contributed by atoms with Crippen LogP contribution >= 0.6 is 22.9 Å². The van der Waals surface area contributed by atoms with Crippen LogP contribution in [-0.2, 0) is 17.1 Å². The lowest BCUT2D eigenvalue weighted by atomic mass is 10.0. The maximum Gasteiger partial charge on any atom is 0.259 e. The highest BCUT2D eigenvalue weighted by molar-refractivity contribution is 7.92. The fourth-order valence-electron chi connectivity index (χ4n) is 3.15. The van der Waals surface area contributed by atoms with Crippen LogP contribution in [0, 0.1) is 0 Å². The SMILES string of the molecule is CCS(=O)(=O)Nc1ccc(Oc2ccc(Cl)cc2)c(-c2cn(C)c(=O)c3ccsc23)c1. The van der Waals surface area contributed by atoms with Gasteiger partial charge in [-0.2, -0.15) is 0 Å². The second-order valence-corrected chi connectivity index (χ2v) is 10.3. The zero-order chi connectivity index (χ0) is 22.2. The predicted molar refractivity (Wildman–Crippen MR) is 127 cm³/mol. The third-order valence-corrected chi connectivity index (χ3v) is 7.25. The molecule has 2 aromatic heterocycles. The molecule has 0 aliphatic carbocycles. The van der Waals surface area contributed by atoms with E-state index < -0.39 is 10.0 Å². The summed E-state index contributed by atoms with van der Waals surface area (Å²) in [5.41, 5.74) is 1.75. The van der Waals surface area contributed by atoms with Crippen LogP contribution in [0.4, 0.5) is 5.69 Å². The van der Waals surface area contributed by atoms with E-state index in [4.69, 9.17) is 16.3 Å². The molecule has 31 heavy (non-hydrogen) atoms. The maximum atomic E-state index is 12.5. The summed E-state index contributed by atoms with van der Waals surface area (Å²) in [7, 11) is -1.77. The average Bonchev–Trinajstić information content (AvgIpc) is 3.23. The number of aromatic nitrogens is 1. The Bertz CT molecular complexity index is 1420. The number of anilines is 1. The van der Waals surface area contributed by atoms with Gasteiger partial charge in [-0.15, -0.1) is 11.3 Å². The summed E-state index contributed by atoms with van der Waals surface area (Å²) in [6, 6.07) is 13.8. The molecule has 0 aliphatic heterocycles. The predicted octanol–water partition coefficient (Wildman–Crippen LogP) is 5.47. The molecular weight excluding hydrogens is 456 g/mol. The molecule has 9 heteroatoms. The van der Waals surface area contributed by atoms with E-state index in [0.717, 1.165) is 10.3 Å². The molecule has 2 heterocycles. The van der Waals surface area contributed by atoms with Crippen molar-refractivity contribution in [1.82, 2.24) is 4.57 Å². The van der Waals surface area contributed by atoms with Gasteiger partial charge in [0.2, 0.25) is 10.0 Å². The van der Waals surface area contributed by atoms with Gasteiger partial charge in [-0.05, 0) is 60.8 Å². The van der Waals surface area contributed by atoms with E-state index in [0.29, 0.717) is 33.2 Å². The van der Waals surface area contributed by atoms with Crippen molar-refractivity contribution >= 4 is 48.7 Å². The van der Waals surface area contributed by atoms with Gasteiger partial charge in [0, 0.05) is 39.8 Å². The highest BCUT2D eigenvalue weighted by Gasteiger charge is 2.17. The molecule has 4 rings (SSSR count). The summed E-state index contributed by atoms with van der Waals surface area (Å²) < 4.78 is 35.2. The number of hydrogen-bond acceptors (Lipinski definition) is 5. The zero-order valence-corrected chi connectivity index (χ0v) is 19.1. The number of aryl methyl sites for hydroxylation is 1. The molecule has 2 aromatic carbocycles. The minimum atomic E-state index is -3.45. The van der Waals surface area contributed by atoms with Gasteiger partial charge in [0.1, 0.15) is 11.5 Å². The van der Waals surface area contributed by atoms with Crippen molar-refractivity contribution in [3.63, 3.8) is 0 Å². The molecule has 0 spiro atoms. The molecule has 0 bridgehead atoms. The summed E-state index contributed by atoms with van der Waals surface area (Å²) in [6.07, 6.45) is 1.74. The Morgan fingerprint density at radius 2 is 1.84 bits per heavy atom. The first kappa shape index (κ1) is 21.4. The fraction of sp³-hybridized carbons (Fsp3) is 0.136. The van der Waals surface area contributed by atoms with Crippen LogP contribution in [0.2, 0.25) is 5.02 Å². The van der Waals surface area contributed by atoms with Gasteiger partial charge in [0.15, 0.2) is 0 Å². The summed E-state index contributed by atoms with van der Waals surface area (Å²) in [4.78, 5) is 12.5. The van der Waals surface area contributed by atoms with Gasteiger partial charge in [-0.3, -0.25) is 9.52 Å². The monoisotopic (exact) mass is 474 g/mol. The first-order valence-corrected chi connectivity index (χ1v) is 12.3. The number of nitrogens with zero attached hydrogens (tertiary/aromatic N) is 1. The fourth-order valence-corrected chi connectivity index (χ4v) is 4.82. The average molecular weight is 475 g/mol. The number of pyridine rings is 1. The van der Waals surface area contributed by atoms with Gasteiger partial charge < -0.3 is 9.30 Å². The lowest BCUT2D eigenvalue weighted by molar-refractivity contribution is 0.484. The second kappa shape index (κ2) is 8.37. The topological polar surface area (TPSA) is 77.4 Å². The number of hydrogen-bond donors (Lipinski definition) is 1. The number of thiophene rings is 1. The van der Waals surface area contributed by atoms with Crippen molar-refractivity contribution in [2.45, 2.75) is 6.92 Å². The van der Waals surface area contributed by atoms with Crippen LogP contribution in [-0.4, -0.2) is 18.7 Å². The highest BCUT2D eigenvalue weighted by Crippen LogP contribution is 2.40. The quantitative estimate of drug-likeness (QED) is 0.401. The Morgan fingerprint density at radius 1 is 1.10 bits per heavy atom. The second-order valence-electron chi connectivity index (χ2n) is 6.89. The molecule has 0 aliphatic rings. The lowest BCUT2D eigenvalue weighted by Crippen LogP contribution is -2.16. The molecule has 0 radical (unpaired) electrons. The summed E-state index contributed by atoms with van der Waals surface area (Å²) in [5.74, 6) is 1.07. The first-order valence-electron chi connectivity index (χ1n) is 9.42. The molecule has 0 amide bonds. The van der Waals surface area contributed by atoms with Crippen molar-refractivity contribution in [2.75, 3.05) is 10.5 Å². The van der Waals surface area contributed by atoms with E-state index in [9.17, 15) is 13.2 Å². The van der Waals surface area contributed by atoms with Crippen LogP contribution in [0.25, 0.3) is 21.2 Å². The first-order chi connectivity index (χ1) is 14.8. The van der Waals surface area contributed by atoms with Crippen molar-refractivity contribution < 1.29 is 13.2 Å². The van der Waals surface area contributed by atoms with Gasteiger partial charge in [-0.25, -0.2) is 8.42 Å². The van der Waals surface area contributed by atoms with Crippen LogP contribution in [0.1, 0.15) is 6.92 Å². The summed E-state index contributed by atoms with van der Waals surface area (Å²) in [5, 5.41) is 3.05. The van der Waals surface area contributed by atoms with E-state index in [-0.39, 0.29) is 11.3 Å². The highest BCUT2D eigenvalue weighted by atomic mass is 35.5. The molecule has 4 aromatic rings. The van der Waals surface area contributed by atoms with E-state index >= 15 is 0 Å². The van der Waals surface area contributed by atoms with Crippen molar-refractivity contribution in [1.29, 1.82) is 0 Å². The van der Waals surface area contributed by atoms with Crippen molar-refractivity contribution in [3.8, 4) is 22.6 Å². The number of fused-ring (bicyclic) bond motifs is 1. The number of halogens is 1. The molecule has 160 valence electrons. The van der Waals surface area contributed by atoms with Gasteiger partial charge >= 0.3 is 0 Å². The molecule has 0 fully saturated rings. The largest absolute Gasteiger partial charge is 0.457 e. The summed E-state index contributed by atoms with van der Waals surface area (Å²) in [6.45, 7) is 1.57. The smallest absolute Gasteiger partial charge is 0.259 e. The van der Waals surface area contributed by atoms with Crippen LogP contribution < -0.4 is 15.0 Å². The molecule has 0 saturated heterocycles. The van der Waals surface area contributed by atoms with Crippen LogP contribution in [0.5, 0.6) is 11.5 Å². The van der Waals surface area contributed by atoms with Crippen LogP contribution in [0.3, 0.4) is 0 Å². The zero-order valence-electron chi connectivity index (χ0n) is 16.8. The summed E-state index contributed by atoms with van der Waals surface area (Å²) >= 11 is 7.42. The number of ether oxygens (including phenoxy) is 1. The molecule has 0 unspecified atom stereocenters. The minimum Gasteiger partial charge on any atom is -0.457 e. The van der Waals surface area contributed by atoms with E-state index in [1.165, 1.54) is 15.9 Å². The molecule has 6 nitrogen and oxygen atoms in total. The Kier molecular flexibility index (Phi) is 5.79. The lowest BCUT2D eigenvalue weighted by Gasteiger charge is -2.15. The maximum absolute atomic E-state index is 12.5. The Balaban J connectivity index is 1.91. The van der Waals surface area contributed by atoms with Crippen molar-refractivity contribution in [2.24, 2.45) is 7.05 Å². The number of benzene rings is 2.